The van der Waals surface area contributed by atoms with Gasteiger partial charge in [0, 0.05) is 18.1 Å². The summed E-state index contributed by atoms with van der Waals surface area (Å²) in [6, 6.07) is 6.17. The van der Waals surface area contributed by atoms with Gasteiger partial charge in [0.25, 0.3) is 0 Å². The first-order chi connectivity index (χ1) is 9.08. The summed E-state index contributed by atoms with van der Waals surface area (Å²) < 4.78 is 5.91. The van der Waals surface area contributed by atoms with Crippen LogP contribution >= 0.6 is 0 Å². The largest absolute Gasteiger partial charge is 0.375 e. The zero-order valence-corrected chi connectivity index (χ0v) is 11.9. The van der Waals surface area contributed by atoms with Crippen molar-refractivity contribution < 1.29 is 9.53 Å². The summed E-state index contributed by atoms with van der Waals surface area (Å²) in [7, 11) is 0. The lowest BCUT2D eigenvalue weighted by Crippen LogP contribution is -2.47. The number of ketones is 1. The van der Waals surface area contributed by atoms with E-state index in [2.05, 4.69) is 19.9 Å². The second-order valence-electron chi connectivity index (χ2n) is 6.32. The standard InChI is InChI=1S/C17H22O2/c1-12-8-13(2)10-15(9-12)16(18)14-4-7-19-17(11-14)5-3-6-17/h8-10,14H,3-7,11H2,1-2H3. The third kappa shape index (κ3) is 2.46. The zero-order valence-electron chi connectivity index (χ0n) is 11.9. The van der Waals surface area contributed by atoms with Crippen LogP contribution in [0.4, 0.5) is 0 Å². The fourth-order valence-electron chi connectivity index (χ4n) is 3.52. The van der Waals surface area contributed by atoms with Crippen LogP contribution in [-0.2, 0) is 4.74 Å². The highest BCUT2D eigenvalue weighted by molar-refractivity contribution is 5.98. The van der Waals surface area contributed by atoms with Crippen molar-refractivity contribution in [1.82, 2.24) is 0 Å². The molecule has 2 fully saturated rings. The molecule has 2 aliphatic rings. The van der Waals surface area contributed by atoms with Crippen LogP contribution in [-0.4, -0.2) is 18.0 Å². The van der Waals surface area contributed by atoms with E-state index in [1.807, 2.05) is 12.1 Å². The number of aryl methyl sites for hydroxylation is 2. The highest BCUT2D eigenvalue weighted by Crippen LogP contribution is 2.44. The van der Waals surface area contributed by atoms with Crippen molar-refractivity contribution in [2.24, 2.45) is 5.92 Å². The Morgan fingerprint density at radius 3 is 2.47 bits per heavy atom. The molecule has 1 heterocycles. The van der Waals surface area contributed by atoms with Crippen LogP contribution in [0.15, 0.2) is 18.2 Å². The number of hydrogen-bond donors (Lipinski definition) is 0. The zero-order chi connectivity index (χ0) is 13.5. The number of carbonyl (C=O) groups excluding carboxylic acids is 1. The highest BCUT2D eigenvalue weighted by Gasteiger charge is 2.44. The minimum absolute atomic E-state index is 0.0530. The molecule has 1 aliphatic heterocycles. The summed E-state index contributed by atoms with van der Waals surface area (Å²) in [5, 5.41) is 0. The first-order valence-electron chi connectivity index (χ1n) is 7.34. The van der Waals surface area contributed by atoms with Crippen LogP contribution < -0.4 is 0 Å². The third-order valence-electron chi connectivity index (χ3n) is 4.63. The second-order valence-corrected chi connectivity index (χ2v) is 6.32. The number of benzene rings is 1. The number of hydrogen-bond acceptors (Lipinski definition) is 2. The van der Waals surface area contributed by atoms with Crippen LogP contribution in [0, 0.1) is 19.8 Å². The lowest BCUT2D eigenvalue weighted by molar-refractivity contribution is -0.137. The van der Waals surface area contributed by atoms with E-state index in [-0.39, 0.29) is 11.5 Å². The summed E-state index contributed by atoms with van der Waals surface area (Å²) in [6.45, 7) is 4.86. The SMILES string of the molecule is Cc1cc(C)cc(C(=O)C2CCOC3(CCC3)C2)c1. The van der Waals surface area contributed by atoms with Crippen molar-refractivity contribution in [3.05, 3.63) is 34.9 Å². The van der Waals surface area contributed by atoms with E-state index >= 15 is 0 Å². The highest BCUT2D eigenvalue weighted by atomic mass is 16.5. The van der Waals surface area contributed by atoms with Gasteiger partial charge in [-0.3, -0.25) is 4.79 Å². The molecule has 0 amide bonds. The van der Waals surface area contributed by atoms with Crippen molar-refractivity contribution in [3.63, 3.8) is 0 Å². The average molecular weight is 258 g/mol. The number of ether oxygens (including phenoxy) is 1. The second kappa shape index (κ2) is 4.75. The van der Waals surface area contributed by atoms with Gasteiger partial charge >= 0.3 is 0 Å². The number of carbonyl (C=O) groups is 1. The van der Waals surface area contributed by atoms with Crippen molar-refractivity contribution in [2.45, 2.75) is 51.6 Å². The van der Waals surface area contributed by atoms with E-state index in [0.29, 0.717) is 5.78 Å². The Hall–Kier alpha value is -1.15. The van der Waals surface area contributed by atoms with Crippen LogP contribution in [0.3, 0.4) is 0 Å². The molecule has 0 radical (unpaired) electrons. The molecule has 1 atom stereocenters. The Morgan fingerprint density at radius 1 is 1.21 bits per heavy atom. The van der Waals surface area contributed by atoms with Crippen molar-refractivity contribution >= 4 is 5.78 Å². The predicted octanol–water partition coefficient (Wildman–Crippen LogP) is 3.84. The predicted molar refractivity (Wildman–Crippen MR) is 75.5 cm³/mol. The van der Waals surface area contributed by atoms with Crippen LogP contribution in [0.25, 0.3) is 0 Å². The first kappa shape index (κ1) is 12.9. The fraction of sp³-hybridized carbons (Fsp3) is 0.588. The molecule has 0 bridgehead atoms. The average Bonchev–Trinajstić information content (AvgIpc) is 2.35. The maximum atomic E-state index is 12.7. The Kier molecular flexibility index (Phi) is 3.22. The molecule has 1 aromatic carbocycles. The molecule has 0 N–H and O–H groups in total. The molecule has 1 saturated carbocycles. The summed E-state index contributed by atoms with van der Waals surface area (Å²) in [6.07, 6.45) is 5.35. The van der Waals surface area contributed by atoms with Gasteiger partial charge in [0.15, 0.2) is 5.78 Å². The molecular weight excluding hydrogens is 236 g/mol. The van der Waals surface area contributed by atoms with E-state index in [1.165, 1.54) is 17.5 Å². The molecule has 1 saturated heterocycles. The smallest absolute Gasteiger partial charge is 0.166 e. The van der Waals surface area contributed by atoms with Gasteiger partial charge in [-0.15, -0.1) is 0 Å². The van der Waals surface area contributed by atoms with Crippen molar-refractivity contribution in [1.29, 1.82) is 0 Å². The normalized spacial score (nSPS) is 25.1. The van der Waals surface area contributed by atoms with Gasteiger partial charge in [-0.05, 0) is 58.1 Å². The molecule has 2 heteroatoms. The van der Waals surface area contributed by atoms with E-state index in [0.717, 1.165) is 37.9 Å². The fourth-order valence-corrected chi connectivity index (χ4v) is 3.52. The first-order valence-corrected chi connectivity index (χ1v) is 7.34. The summed E-state index contributed by atoms with van der Waals surface area (Å²) in [5.74, 6) is 0.483. The van der Waals surface area contributed by atoms with Gasteiger partial charge in [0.2, 0.25) is 0 Å². The van der Waals surface area contributed by atoms with Gasteiger partial charge in [-0.25, -0.2) is 0 Å². The van der Waals surface area contributed by atoms with Crippen molar-refractivity contribution in [3.8, 4) is 0 Å². The molecule has 2 nitrogen and oxygen atoms in total. The lowest BCUT2D eigenvalue weighted by Gasteiger charge is -2.46. The molecule has 0 aromatic heterocycles. The van der Waals surface area contributed by atoms with Crippen LogP contribution in [0.1, 0.15) is 53.6 Å². The maximum Gasteiger partial charge on any atom is 0.166 e. The molecule has 1 unspecified atom stereocenters. The van der Waals surface area contributed by atoms with Crippen molar-refractivity contribution in [2.75, 3.05) is 6.61 Å². The van der Waals surface area contributed by atoms with E-state index < -0.39 is 0 Å². The Labute approximate surface area is 115 Å². The molecule has 3 rings (SSSR count). The Morgan fingerprint density at radius 2 is 1.89 bits per heavy atom. The van der Waals surface area contributed by atoms with Crippen LogP contribution in [0.5, 0.6) is 0 Å². The number of rotatable bonds is 2. The van der Waals surface area contributed by atoms with Crippen LogP contribution in [0.2, 0.25) is 0 Å². The minimum Gasteiger partial charge on any atom is -0.375 e. The monoisotopic (exact) mass is 258 g/mol. The molecule has 102 valence electrons. The maximum absolute atomic E-state index is 12.7. The quantitative estimate of drug-likeness (QED) is 0.753. The molecule has 19 heavy (non-hydrogen) atoms. The number of Topliss-reactive ketones (excluding diaryl/α,β-unsaturated/α-hetero) is 1. The summed E-state index contributed by atoms with van der Waals surface area (Å²) in [5.41, 5.74) is 3.29. The Bertz CT molecular complexity index is 480. The van der Waals surface area contributed by atoms with Gasteiger partial charge < -0.3 is 4.74 Å². The van der Waals surface area contributed by atoms with Gasteiger partial charge in [0.05, 0.1) is 5.60 Å². The molecule has 1 aromatic rings. The molecular formula is C17H22O2. The topological polar surface area (TPSA) is 26.3 Å². The molecule has 1 aliphatic carbocycles. The Balaban J connectivity index is 1.79. The van der Waals surface area contributed by atoms with Gasteiger partial charge in [-0.2, -0.15) is 0 Å². The minimum atomic E-state index is 0.0530. The van der Waals surface area contributed by atoms with Gasteiger partial charge in [0.1, 0.15) is 0 Å². The van der Waals surface area contributed by atoms with E-state index in [9.17, 15) is 4.79 Å². The van der Waals surface area contributed by atoms with E-state index in [4.69, 9.17) is 4.74 Å². The molecule has 1 spiro atoms. The summed E-state index contributed by atoms with van der Waals surface area (Å²) in [4.78, 5) is 12.7. The van der Waals surface area contributed by atoms with E-state index in [1.54, 1.807) is 0 Å². The summed E-state index contributed by atoms with van der Waals surface area (Å²) >= 11 is 0. The lowest BCUT2D eigenvalue weighted by atomic mass is 9.70. The third-order valence-corrected chi connectivity index (χ3v) is 4.63. The van der Waals surface area contributed by atoms with Gasteiger partial charge in [-0.1, -0.05) is 17.2 Å².